The van der Waals surface area contributed by atoms with E-state index in [1.807, 2.05) is 43.3 Å². The summed E-state index contributed by atoms with van der Waals surface area (Å²) in [4.78, 5) is -0.415. The zero-order valence-corrected chi connectivity index (χ0v) is 17.9. The molecule has 0 bridgehead atoms. The van der Waals surface area contributed by atoms with Crippen molar-refractivity contribution in [3.63, 3.8) is 0 Å². The molecule has 0 aliphatic rings. The molecule has 32 heavy (non-hydrogen) atoms. The highest BCUT2D eigenvalue weighted by Crippen LogP contribution is 2.35. The Bertz CT molecular complexity index is 1460. The van der Waals surface area contributed by atoms with Crippen LogP contribution < -0.4 is 5.73 Å². The van der Waals surface area contributed by atoms with E-state index >= 15 is 0 Å². The van der Waals surface area contributed by atoms with Crippen LogP contribution >= 0.6 is 0 Å². The number of benzene rings is 4. The lowest BCUT2D eigenvalue weighted by Crippen LogP contribution is -1.98. The van der Waals surface area contributed by atoms with Crippen molar-refractivity contribution in [2.45, 2.75) is 11.8 Å². The molecule has 0 aliphatic heterocycles. The first-order chi connectivity index (χ1) is 15.3. The number of nitrogens with two attached hydrogens (primary N) is 1. The van der Waals surface area contributed by atoms with E-state index in [1.54, 1.807) is 30.3 Å². The number of azo groups is 2. The van der Waals surface area contributed by atoms with E-state index in [0.717, 1.165) is 16.3 Å². The van der Waals surface area contributed by atoms with Gasteiger partial charge in [0.05, 0.1) is 17.1 Å². The second kappa shape index (κ2) is 8.66. The molecule has 0 unspecified atom stereocenters. The number of nitrogen functional groups attached to an aromatic ring is 1. The Morgan fingerprint density at radius 1 is 0.750 bits per heavy atom. The molecule has 0 aromatic heterocycles. The second-order valence-electron chi connectivity index (χ2n) is 7.03. The summed E-state index contributed by atoms with van der Waals surface area (Å²) in [5.74, 6) is 0. The summed E-state index contributed by atoms with van der Waals surface area (Å²) in [7, 11) is -4.57. The Kier molecular flexibility index (Phi) is 5.76. The van der Waals surface area contributed by atoms with Gasteiger partial charge in [-0.25, -0.2) is 0 Å². The van der Waals surface area contributed by atoms with E-state index in [9.17, 15) is 13.0 Å². The highest BCUT2D eigenvalue weighted by atomic mass is 32.2. The zero-order valence-electron chi connectivity index (χ0n) is 17.0. The van der Waals surface area contributed by atoms with Crippen molar-refractivity contribution < 1.29 is 13.0 Å². The maximum atomic E-state index is 12.0. The van der Waals surface area contributed by atoms with Crippen LogP contribution in [0.3, 0.4) is 0 Å². The molecule has 0 spiro atoms. The van der Waals surface area contributed by atoms with Gasteiger partial charge in [-0.05, 0) is 55.0 Å². The average Bonchev–Trinajstić information content (AvgIpc) is 2.77. The van der Waals surface area contributed by atoms with Crippen molar-refractivity contribution in [2.24, 2.45) is 20.5 Å². The molecule has 3 N–H and O–H groups in total. The van der Waals surface area contributed by atoms with Crippen molar-refractivity contribution in [1.29, 1.82) is 0 Å². The number of hydrogen-bond acceptors (Lipinski definition) is 7. The highest BCUT2D eigenvalue weighted by molar-refractivity contribution is 7.86. The van der Waals surface area contributed by atoms with Crippen LogP contribution in [-0.4, -0.2) is 13.0 Å². The van der Waals surface area contributed by atoms with E-state index in [4.69, 9.17) is 5.73 Å². The van der Waals surface area contributed by atoms with Crippen molar-refractivity contribution in [1.82, 2.24) is 0 Å². The molecule has 4 aromatic rings. The SMILES string of the molecule is Cc1cccc2c(/N=N/c3ccc(/N=N/c4ccccc4)cc3S(=O)(=O)O)ccc(N)c12. The van der Waals surface area contributed by atoms with Gasteiger partial charge in [-0.15, -0.1) is 10.2 Å². The first-order valence-corrected chi connectivity index (χ1v) is 11.0. The minimum atomic E-state index is -4.57. The molecule has 0 fully saturated rings. The van der Waals surface area contributed by atoms with Gasteiger partial charge in [0, 0.05) is 16.5 Å². The first kappa shape index (κ1) is 21.3. The van der Waals surface area contributed by atoms with Gasteiger partial charge in [0.25, 0.3) is 10.1 Å². The van der Waals surface area contributed by atoms with Crippen molar-refractivity contribution >= 4 is 49.3 Å². The number of anilines is 1. The molecule has 0 atom stereocenters. The minimum Gasteiger partial charge on any atom is -0.398 e. The molecule has 0 radical (unpaired) electrons. The van der Waals surface area contributed by atoms with Crippen LogP contribution in [-0.2, 0) is 10.1 Å². The predicted molar refractivity (Wildman–Crippen MR) is 124 cm³/mol. The molecular weight excluding hydrogens is 426 g/mol. The Morgan fingerprint density at radius 3 is 2.19 bits per heavy atom. The summed E-state index contributed by atoms with van der Waals surface area (Å²) in [5.41, 5.74) is 9.05. The van der Waals surface area contributed by atoms with E-state index < -0.39 is 15.0 Å². The first-order valence-electron chi connectivity index (χ1n) is 9.61. The third kappa shape index (κ3) is 4.53. The fourth-order valence-electron chi connectivity index (χ4n) is 3.27. The summed E-state index contributed by atoms with van der Waals surface area (Å²) in [6, 6.07) is 22.3. The third-order valence-electron chi connectivity index (χ3n) is 4.78. The average molecular weight is 446 g/mol. The summed E-state index contributed by atoms with van der Waals surface area (Å²) < 4.78 is 33.6. The topological polar surface area (TPSA) is 130 Å². The van der Waals surface area contributed by atoms with Gasteiger partial charge in [-0.3, -0.25) is 4.55 Å². The van der Waals surface area contributed by atoms with E-state index in [-0.39, 0.29) is 11.4 Å². The van der Waals surface area contributed by atoms with Gasteiger partial charge in [0.1, 0.15) is 10.6 Å². The van der Waals surface area contributed by atoms with Crippen LogP contribution in [0.1, 0.15) is 5.56 Å². The van der Waals surface area contributed by atoms with E-state index in [1.165, 1.54) is 12.1 Å². The predicted octanol–water partition coefficient (Wildman–Crippen LogP) is 6.81. The summed E-state index contributed by atoms with van der Waals surface area (Å²) in [5, 5.41) is 18.0. The number of rotatable bonds is 5. The molecule has 0 saturated heterocycles. The van der Waals surface area contributed by atoms with E-state index in [0.29, 0.717) is 17.1 Å². The number of aryl methyl sites for hydroxylation is 1. The van der Waals surface area contributed by atoms with Gasteiger partial charge in [0.15, 0.2) is 0 Å². The lowest BCUT2D eigenvalue weighted by molar-refractivity contribution is 0.483. The van der Waals surface area contributed by atoms with Crippen molar-refractivity contribution in [2.75, 3.05) is 5.73 Å². The molecule has 4 rings (SSSR count). The molecule has 0 amide bonds. The van der Waals surface area contributed by atoms with Gasteiger partial charge >= 0.3 is 0 Å². The molecule has 0 saturated carbocycles. The number of fused-ring (bicyclic) bond motifs is 1. The van der Waals surface area contributed by atoms with E-state index in [2.05, 4.69) is 20.5 Å². The second-order valence-corrected chi connectivity index (χ2v) is 8.42. The van der Waals surface area contributed by atoms with Crippen molar-refractivity contribution in [3.05, 3.63) is 84.4 Å². The van der Waals surface area contributed by atoms with Gasteiger partial charge in [-0.2, -0.15) is 18.6 Å². The van der Waals surface area contributed by atoms with Crippen LogP contribution in [0.4, 0.5) is 28.4 Å². The maximum Gasteiger partial charge on any atom is 0.296 e. The molecule has 0 heterocycles. The number of hydrogen-bond donors (Lipinski definition) is 2. The van der Waals surface area contributed by atoms with Crippen LogP contribution in [0.2, 0.25) is 0 Å². The quantitative estimate of drug-likeness (QED) is 0.198. The molecule has 4 aromatic carbocycles. The Morgan fingerprint density at radius 2 is 1.44 bits per heavy atom. The molecule has 160 valence electrons. The number of nitrogens with zero attached hydrogens (tertiary/aromatic N) is 4. The molecule has 8 nitrogen and oxygen atoms in total. The smallest absolute Gasteiger partial charge is 0.296 e. The minimum absolute atomic E-state index is 0.0243. The third-order valence-corrected chi connectivity index (χ3v) is 5.66. The lowest BCUT2D eigenvalue weighted by atomic mass is 10.0. The Balaban J connectivity index is 1.74. The Hall–Kier alpha value is -3.95. The summed E-state index contributed by atoms with van der Waals surface area (Å²) in [6.07, 6.45) is 0. The Labute approximate surface area is 184 Å². The monoisotopic (exact) mass is 445 g/mol. The van der Waals surface area contributed by atoms with Crippen LogP contribution in [0, 0.1) is 6.92 Å². The van der Waals surface area contributed by atoms with Gasteiger partial charge < -0.3 is 5.73 Å². The molecular formula is C23H19N5O3S. The fourth-order valence-corrected chi connectivity index (χ4v) is 3.91. The fraction of sp³-hybridized carbons (Fsp3) is 0.0435. The van der Waals surface area contributed by atoms with Gasteiger partial charge in [-0.1, -0.05) is 36.4 Å². The van der Waals surface area contributed by atoms with Crippen molar-refractivity contribution in [3.8, 4) is 0 Å². The normalized spacial score (nSPS) is 12.2. The standard InChI is InChI=1S/C23H19N5O3S/c1-15-6-5-9-18-20(13-11-19(24)23(15)18)27-28-21-12-10-17(14-22(21)32(29,30)31)26-25-16-7-3-2-4-8-16/h2-14H,24H2,1H3,(H,29,30,31)/b26-25+,28-27+. The molecule has 0 aliphatic carbocycles. The molecule has 9 heteroatoms. The summed E-state index contributed by atoms with van der Waals surface area (Å²) >= 11 is 0. The van der Waals surface area contributed by atoms with Crippen LogP contribution in [0.5, 0.6) is 0 Å². The van der Waals surface area contributed by atoms with Crippen LogP contribution in [0.15, 0.2) is 104 Å². The summed E-state index contributed by atoms with van der Waals surface area (Å²) in [6.45, 7) is 1.94. The highest BCUT2D eigenvalue weighted by Gasteiger charge is 2.17. The lowest BCUT2D eigenvalue weighted by Gasteiger charge is -2.08. The maximum absolute atomic E-state index is 12.0. The largest absolute Gasteiger partial charge is 0.398 e. The van der Waals surface area contributed by atoms with Crippen LogP contribution in [0.25, 0.3) is 10.8 Å². The zero-order chi connectivity index (χ0) is 22.7. The van der Waals surface area contributed by atoms with Gasteiger partial charge in [0.2, 0.25) is 0 Å².